The Morgan fingerprint density at radius 1 is 1.22 bits per heavy atom. The first-order valence-electron chi connectivity index (χ1n) is 7.62. The number of fused-ring (bicyclic) bond motifs is 1. The van der Waals surface area contributed by atoms with Crippen LogP contribution in [0.5, 0.6) is 17.2 Å². The van der Waals surface area contributed by atoms with Crippen LogP contribution >= 0.6 is 11.3 Å². The number of hydrogen-bond donors (Lipinski definition) is 1. The summed E-state index contributed by atoms with van der Waals surface area (Å²) < 4.78 is 17.5. The fourth-order valence-corrected chi connectivity index (χ4v) is 4.07. The average molecular weight is 336 g/mol. The van der Waals surface area contributed by atoms with Crippen LogP contribution in [-0.2, 0) is 0 Å². The van der Waals surface area contributed by atoms with Gasteiger partial charge in [0.1, 0.15) is 0 Å². The van der Waals surface area contributed by atoms with Crippen molar-refractivity contribution in [2.75, 3.05) is 14.2 Å². The lowest BCUT2D eigenvalue weighted by molar-refractivity contribution is 0.0695. The van der Waals surface area contributed by atoms with Crippen molar-refractivity contribution in [3.05, 3.63) is 17.0 Å². The largest absolute Gasteiger partial charge is 0.493 e. The Morgan fingerprint density at radius 2 is 1.91 bits per heavy atom. The molecule has 1 aliphatic rings. The first-order valence-corrected chi connectivity index (χ1v) is 8.43. The average Bonchev–Trinajstić information content (AvgIpc) is 3.10. The molecule has 1 heterocycles. The van der Waals surface area contributed by atoms with Crippen LogP contribution in [0.3, 0.4) is 0 Å². The molecule has 23 heavy (non-hydrogen) atoms. The van der Waals surface area contributed by atoms with E-state index in [0.717, 1.165) is 29.3 Å². The molecule has 0 spiro atoms. The van der Waals surface area contributed by atoms with Gasteiger partial charge in [-0.05, 0) is 31.2 Å². The number of thiophene rings is 1. The second-order valence-electron chi connectivity index (χ2n) is 5.93. The van der Waals surface area contributed by atoms with E-state index >= 15 is 0 Å². The van der Waals surface area contributed by atoms with E-state index in [-0.39, 0.29) is 11.0 Å². The lowest BCUT2D eigenvalue weighted by atomic mass is 10.1. The molecule has 1 saturated carbocycles. The Morgan fingerprint density at radius 3 is 2.48 bits per heavy atom. The summed E-state index contributed by atoms with van der Waals surface area (Å²) in [5, 5.41) is 10.3. The minimum Gasteiger partial charge on any atom is -0.493 e. The van der Waals surface area contributed by atoms with Crippen LogP contribution in [0, 0.1) is 5.92 Å². The van der Waals surface area contributed by atoms with Crippen LogP contribution < -0.4 is 14.2 Å². The fraction of sp³-hybridized carbons (Fsp3) is 0.471. The zero-order chi connectivity index (χ0) is 16.6. The van der Waals surface area contributed by atoms with Crippen molar-refractivity contribution in [3.63, 3.8) is 0 Å². The quantitative estimate of drug-likeness (QED) is 0.887. The van der Waals surface area contributed by atoms with Gasteiger partial charge in [-0.15, -0.1) is 11.3 Å². The minimum atomic E-state index is -0.967. The van der Waals surface area contributed by atoms with E-state index in [4.69, 9.17) is 14.2 Å². The molecule has 0 aliphatic heterocycles. The number of carboxylic acids is 1. The van der Waals surface area contributed by atoms with E-state index in [9.17, 15) is 9.90 Å². The van der Waals surface area contributed by atoms with E-state index in [2.05, 4.69) is 6.92 Å². The third-order valence-corrected chi connectivity index (χ3v) is 5.40. The van der Waals surface area contributed by atoms with Gasteiger partial charge in [-0.25, -0.2) is 4.79 Å². The smallest absolute Gasteiger partial charge is 0.349 e. The second kappa shape index (κ2) is 6.28. The third kappa shape index (κ3) is 2.95. The van der Waals surface area contributed by atoms with Crippen LogP contribution in [0.4, 0.5) is 0 Å². The Kier molecular flexibility index (Phi) is 4.35. The van der Waals surface area contributed by atoms with Gasteiger partial charge in [0, 0.05) is 16.2 Å². The normalized spacial score (nSPS) is 20.7. The highest BCUT2D eigenvalue weighted by molar-refractivity contribution is 7.21. The van der Waals surface area contributed by atoms with Crippen molar-refractivity contribution in [3.8, 4) is 17.2 Å². The lowest BCUT2D eigenvalue weighted by Gasteiger charge is -2.14. The minimum absolute atomic E-state index is 0.0778. The van der Waals surface area contributed by atoms with Gasteiger partial charge in [-0.2, -0.15) is 0 Å². The van der Waals surface area contributed by atoms with Gasteiger partial charge in [-0.3, -0.25) is 0 Å². The standard InChI is InChI=1S/C17H20O5S/c1-9-4-5-10(6-9)22-15-11-7-12(20-2)13(21-3)8-14(11)23-16(15)17(18)19/h7-10H,4-6H2,1-3H3,(H,18,19). The molecule has 1 fully saturated rings. The zero-order valence-electron chi connectivity index (χ0n) is 13.4. The van der Waals surface area contributed by atoms with Crippen LogP contribution in [0.2, 0.25) is 0 Å². The summed E-state index contributed by atoms with van der Waals surface area (Å²) in [6.45, 7) is 2.20. The van der Waals surface area contributed by atoms with Crippen molar-refractivity contribution in [2.45, 2.75) is 32.3 Å². The number of carboxylic acid groups (broad SMARTS) is 1. The van der Waals surface area contributed by atoms with E-state index in [1.165, 1.54) is 11.3 Å². The summed E-state index contributed by atoms with van der Waals surface area (Å²) in [7, 11) is 3.13. The molecule has 3 rings (SSSR count). The summed E-state index contributed by atoms with van der Waals surface area (Å²) in [6, 6.07) is 3.60. The molecule has 0 amide bonds. The molecule has 1 aromatic heterocycles. The summed E-state index contributed by atoms with van der Waals surface area (Å²) in [5.41, 5.74) is 0. The number of aromatic carboxylic acids is 1. The Hall–Kier alpha value is -1.95. The number of benzene rings is 1. The lowest BCUT2D eigenvalue weighted by Crippen LogP contribution is -2.13. The number of methoxy groups -OCH3 is 2. The maximum atomic E-state index is 11.6. The van der Waals surface area contributed by atoms with Crippen LogP contribution in [0.1, 0.15) is 35.9 Å². The zero-order valence-corrected chi connectivity index (χ0v) is 14.2. The summed E-state index contributed by atoms with van der Waals surface area (Å²) in [5.74, 6) is 1.26. The number of ether oxygens (including phenoxy) is 3. The van der Waals surface area contributed by atoms with Crippen LogP contribution in [0.15, 0.2) is 12.1 Å². The first-order chi connectivity index (χ1) is 11.0. The van der Waals surface area contributed by atoms with Crippen molar-refractivity contribution >= 4 is 27.4 Å². The summed E-state index contributed by atoms with van der Waals surface area (Å²) in [4.78, 5) is 11.8. The first kappa shape index (κ1) is 15.9. The third-order valence-electron chi connectivity index (χ3n) is 4.27. The van der Waals surface area contributed by atoms with Crippen molar-refractivity contribution in [1.82, 2.24) is 0 Å². The molecule has 0 bridgehead atoms. The number of hydrogen-bond acceptors (Lipinski definition) is 5. The maximum absolute atomic E-state index is 11.6. The number of carbonyl (C=O) groups is 1. The van der Waals surface area contributed by atoms with Gasteiger partial charge < -0.3 is 19.3 Å². The van der Waals surface area contributed by atoms with Crippen molar-refractivity contribution in [1.29, 1.82) is 0 Å². The van der Waals surface area contributed by atoms with Gasteiger partial charge in [0.05, 0.1) is 20.3 Å². The predicted molar refractivity (Wildman–Crippen MR) is 89.3 cm³/mol. The van der Waals surface area contributed by atoms with Crippen molar-refractivity contribution < 1.29 is 24.1 Å². The predicted octanol–water partition coefficient (Wildman–Crippen LogP) is 4.18. The molecular weight excluding hydrogens is 316 g/mol. The highest BCUT2D eigenvalue weighted by atomic mass is 32.1. The second-order valence-corrected chi connectivity index (χ2v) is 6.98. The fourth-order valence-electron chi connectivity index (χ4n) is 3.09. The van der Waals surface area contributed by atoms with Gasteiger partial charge in [0.25, 0.3) is 0 Å². The van der Waals surface area contributed by atoms with Gasteiger partial charge >= 0.3 is 5.97 Å². The topological polar surface area (TPSA) is 65.0 Å². The van der Waals surface area contributed by atoms with E-state index in [0.29, 0.717) is 23.2 Å². The molecule has 6 heteroatoms. The van der Waals surface area contributed by atoms with Gasteiger partial charge in [0.2, 0.25) is 0 Å². The van der Waals surface area contributed by atoms with Gasteiger partial charge in [-0.1, -0.05) is 6.92 Å². The molecule has 2 unspecified atom stereocenters. The van der Waals surface area contributed by atoms with Crippen molar-refractivity contribution in [2.24, 2.45) is 5.92 Å². The van der Waals surface area contributed by atoms with Gasteiger partial charge in [0.15, 0.2) is 22.1 Å². The SMILES string of the molecule is COc1cc2sc(C(=O)O)c(OC3CCC(C)C3)c2cc1OC. The molecule has 124 valence electrons. The molecule has 2 atom stereocenters. The molecule has 0 radical (unpaired) electrons. The highest BCUT2D eigenvalue weighted by Gasteiger charge is 2.28. The highest BCUT2D eigenvalue weighted by Crippen LogP contribution is 2.44. The molecular formula is C17H20O5S. The molecule has 5 nitrogen and oxygen atoms in total. The molecule has 2 aromatic rings. The Labute approximate surface area is 138 Å². The van der Waals surface area contributed by atoms with Crippen LogP contribution in [-0.4, -0.2) is 31.4 Å². The number of rotatable bonds is 5. The maximum Gasteiger partial charge on any atom is 0.349 e. The molecule has 1 aliphatic carbocycles. The molecule has 0 saturated heterocycles. The van der Waals surface area contributed by atoms with E-state index in [1.807, 2.05) is 0 Å². The molecule has 1 N–H and O–H groups in total. The molecule has 1 aromatic carbocycles. The van der Waals surface area contributed by atoms with Crippen LogP contribution in [0.25, 0.3) is 10.1 Å². The van der Waals surface area contributed by atoms with E-state index < -0.39 is 5.97 Å². The summed E-state index contributed by atoms with van der Waals surface area (Å²) in [6.07, 6.45) is 3.12. The summed E-state index contributed by atoms with van der Waals surface area (Å²) >= 11 is 1.20. The van der Waals surface area contributed by atoms with E-state index in [1.54, 1.807) is 26.4 Å². The Bertz CT molecular complexity index is 736. The Balaban J connectivity index is 2.09. The monoisotopic (exact) mass is 336 g/mol.